The molecule has 0 bridgehead atoms. The molecule has 0 N–H and O–H groups in total. The minimum atomic E-state index is -0.870. The largest absolute Gasteiger partial charge is 0.381 e. The highest BCUT2D eigenvalue weighted by Gasteiger charge is 2.22. The van der Waals surface area contributed by atoms with E-state index in [1.54, 1.807) is 4.68 Å². The standard InChI is InChI=1S/C15H17F2N3O/c1-2-20-15(11-3-4-12(16)13(17)9-11)18-14(19-20)10-5-7-21-8-6-10/h3-4,9-10H,2,5-8H2,1H3. The zero-order valence-electron chi connectivity index (χ0n) is 11.9. The molecule has 2 aromatic rings. The number of hydrogen-bond donors (Lipinski definition) is 0. The summed E-state index contributed by atoms with van der Waals surface area (Å²) in [5.74, 6) is -0.106. The van der Waals surface area contributed by atoms with Gasteiger partial charge in [0.05, 0.1) is 0 Å². The Morgan fingerprint density at radius 3 is 2.67 bits per heavy atom. The number of ether oxygens (including phenoxy) is 1. The van der Waals surface area contributed by atoms with Gasteiger partial charge in [-0.05, 0) is 38.0 Å². The van der Waals surface area contributed by atoms with E-state index in [9.17, 15) is 8.78 Å². The second kappa shape index (κ2) is 5.89. The quantitative estimate of drug-likeness (QED) is 0.873. The van der Waals surface area contributed by atoms with Crippen molar-refractivity contribution in [3.63, 3.8) is 0 Å². The lowest BCUT2D eigenvalue weighted by Gasteiger charge is -2.18. The van der Waals surface area contributed by atoms with E-state index in [-0.39, 0.29) is 5.92 Å². The van der Waals surface area contributed by atoms with Gasteiger partial charge in [-0.2, -0.15) is 5.10 Å². The van der Waals surface area contributed by atoms with Gasteiger partial charge < -0.3 is 4.74 Å². The molecule has 0 unspecified atom stereocenters. The van der Waals surface area contributed by atoms with Crippen molar-refractivity contribution in [2.75, 3.05) is 13.2 Å². The van der Waals surface area contributed by atoms with E-state index in [1.165, 1.54) is 12.1 Å². The fraction of sp³-hybridized carbons (Fsp3) is 0.467. The Bertz CT molecular complexity index is 636. The van der Waals surface area contributed by atoms with Gasteiger partial charge in [0.25, 0.3) is 0 Å². The fourth-order valence-electron chi connectivity index (χ4n) is 2.56. The van der Waals surface area contributed by atoms with Gasteiger partial charge >= 0.3 is 0 Å². The average Bonchev–Trinajstić information content (AvgIpc) is 2.95. The van der Waals surface area contributed by atoms with E-state index < -0.39 is 11.6 Å². The highest BCUT2D eigenvalue weighted by molar-refractivity contribution is 5.55. The predicted molar refractivity (Wildman–Crippen MR) is 73.8 cm³/mol. The lowest BCUT2D eigenvalue weighted by molar-refractivity contribution is 0.0835. The maximum absolute atomic E-state index is 13.4. The summed E-state index contributed by atoms with van der Waals surface area (Å²) in [6.07, 6.45) is 1.79. The van der Waals surface area contributed by atoms with Crippen LogP contribution in [0.5, 0.6) is 0 Å². The molecule has 1 saturated heterocycles. The van der Waals surface area contributed by atoms with Crippen LogP contribution in [0.15, 0.2) is 18.2 Å². The van der Waals surface area contributed by atoms with Crippen LogP contribution in [0.1, 0.15) is 31.5 Å². The molecule has 112 valence electrons. The van der Waals surface area contributed by atoms with Gasteiger partial charge in [-0.1, -0.05) is 0 Å². The zero-order valence-corrected chi connectivity index (χ0v) is 11.9. The van der Waals surface area contributed by atoms with Crippen molar-refractivity contribution in [3.8, 4) is 11.4 Å². The summed E-state index contributed by atoms with van der Waals surface area (Å²) in [6.45, 7) is 4.01. The Morgan fingerprint density at radius 2 is 2.00 bits per heavy atom. The van der Waals surface area contributed by atoms with Gasteiger partial charge in [0.15, 0.2) is 23.3 Å². The van der Waals surface area contributed by atoms with Crippen molar-refractivity contribution in [2.24, 2.45) is 0 Å². The second-order valence-electron chi connectivity index (χ2n) is 5.12. The van der Waals surface area contributed by atoms with Gasteiger partial charge in [-0.3, -0.25) is 0 Å². The first-order valence-corrected chi connectivity index (χ1v) is 7.17. The fourth-order valence-corrected chi connectivity index (χ4v) is 2.56. The Morgan fingerprint density at radius 1 is 1.24 bits per heavy atom. The van der Waals surface area contributed by atoms with E-state index in [4.69, 9.17) is 4.74 Å². The Hall–Kier alpha value is -1.82. The van der Waals surface area contributed by atoms with Crippen molar-refractivity contribution in [3.05, 3.63) is 35.7 Å². The number of rotatable bonds is 3. The van der Waals surface area contributed by atoms with Crippen molar-refractivity contribution in [1.29, 1.82) is 0 Å². The SMILES string of the molecule is CCn1nc(C2CCOCC2)nc1-c1ccc(F)c(F)c1. The highest BCUT2D eigenvalue weighted by Crippen LogP contribution is 2.27. The molecular formula is C15H17F2N3O. The van der Waals surface area contributed by atoms with E-state index in [0.717, 1.165) is 24.7 Å². The minimum absolute atomic E-state index is 0.274. The molecule has 1 aromatic carbocycles. The number of nitrogens with zero attached hydrogens (tertiary/aromatic N) is 3. The third kappa shape index (κ3) is 2.81. The van der Waals surface area contributed by atoms with Gasteiger partial charge in [0.1, 0.15) is 0 Å². The van der Waals surface area contributed by atoms with Crippen molar-refractivity contribution in [2.45, 2.75) is 32.2 Å². The summed E-state index contributed by atoms with van der Waals surface area (Å²) in [5.41, 5.74) is 0.543. The van der Waals surface area contributed by atoms with Crippen LogP contribution >= 0.6 is 0 Å². The number of aromatic nitrogens is 3. The molecule has 1 aliphatic heterocycles. The molecular weight excluding hydrogens is 276 g/mol. The number of hydrogen-bond acceptors (Lipinski definition) is 3. The summed E-state index contributed by atoms with van der Waals surface area (Å²) >= 11 is 0. The van der Waals surface area contributed by atoms with Crippen LogP contribution in [0.25, 0.3) is 11.4 Å². The first kappa shape index (κ1) is 14.1. The van der Waals surface area contributed by atoms with Crippen LogP contribution in [0.2, 0.25) is 0 Å². The van der Waals surface area contributed by atoms with Crippen molar-refractivity contribution < 1.29 is 13.5 Å². The lowest BCUT2D eigenvalue weighted by atomic mass is 10.00. The molecule has 1 fully saturated rings. The normalized spacial score (nSPS) is 16.3. The smallest absolute Gasteiger partial charge is 0.159 e. The summed E-state index contributed by atoms with van der Waals surface area (Å²) in [7, 11) is 0. The summed E-state index contributed by atoms with van der Waals surface area (Å²) in [4.78, 5) is 4.55. The topological polar surface area (TPSA) is 39.9 Å². The molecule has 0 aliphatic carbocycles. The Labute approximate surface area is 121 Å². The van der Waals surface area contributed by atoms with Gasteiger partial charge in [-0.15, -0.1) is 0 Å². The van der Waals surface area contributed by atoms with E-state index in [1.807, 2.05) is 6.92 Å². The van der Waals surface area contributed by atoms with Crippen LogP contribution in [0, 0.1) is 11.6 Å². The van der Waals surface area contributed by atoms with Crippen LogP contribution in [0.3, 0.4) is 0 Å². The van der Waals surface area contributed by atoms with Crippen molar-refractivity contribution >= 4 is 0 Å². The van der Waals surface area contributed by atoms with Gasteiger partial charge in [0.2, 0.25) is 0 Å². The molecule has 4 nitrogen and oxygen atoms in total. The van der Waals surface area contributed by atoms with Crippen molar-refractivity contribution in [1.82, 2.24) is 14.8 Å². The lowest BCUT2D eigenvalue weighted by Crippen LogP contribution is -2.15. The van der Waals surface area contributed by atoms with Crippen LogP contribution in [-0.2, 0) is 11.3 Å². The monoisotopic (exact) mass is 293 g/mol. The summed E-state index contributed by atoms with van der Waals surface area (Å²) in [5, 5.41) is 4.51. The third-order valence-corrected chi connectivity index (χ3v) is 3.75. The maximum atomic E-state index is 13.4. The molecule has 21 heavy (non-hydrogen) atoms. The molecule has 0 spiro atoms. The third-order valence-electron chi connectivity index (χ3n) is 3.75. The van der Waals surface area contributed by atoms with E-state index in [0.29, 0.717) is 31.1 Å². The Kier molecular flexibility index (Phi) is 3.96. The average molecular weight is 293 g/mol. The van der Waals surface area contributed by atoms with Crippen LogP contribution < -0.4 is 0 Å². The number of benzene rings is 1. The second-order valence-corrected chi connectivity index (χ2v) is 5.12. The maximum Gasteiger partial charge on any atom is 0.159 e. The number of aryl methyl sites for hydroxylation is 1. The van der Waals surface area contributed by atoms with E-state index in [2.05, 4.69) is 10.1 Å². The number of halogens is 2. The molecule has 1 aliphatic rings. The molecule has 6 heteroatoms. The highest BCUT2D eigenvalue weighted by atomic mass is 19.2. The zero-order chi connectivity index (χ0) is 14.8. The molecule has 3 rings (SSSR count). The van der Waals surface area contributed by atoms with Crippen LogP contribution in [0.4, 0.5) is 8.78 Å². The molecule has 0 radical (unpaired) electrons. The molecule has 1 aromatic heterocycles. The van der Waals surface area contributed by atoms with Gasteiger partial charge in [0, 0.05) is 31.2 Å². The van der Waals surface area contributed by atoms with Gasteiger partial charge in [-0.25, -0.2) is 18.4 Å². The molecule has 0 saturated carbocycles. The van der Waals surface area contributed by atoms with Crippen LogP contribution in [-0.4, -0.2) is 28.0 Å². The first-order chi connectivity index (χ1) is 10.2. The molecule has 0 atom stereocenters. The summed E-state index contributed by atoms with van der Waals surface area (Å²) in [6, 6.07) is 3.81. The molecule has 0 amide bonds. The Balaban J connectivity index is 1.97. The predicted octanol–water partition coefficient (Wildman–Crippen LogP) is 3.14. The van der Waals surface area contributed by atoms with E-state index >= 15 is 0 Å². The summed E-state index contributed by atoms with van der Waals surface area (Å²) < 4.78 is 33.6. The first-order valence-electron chi connectivity index (χ1n) is 7.17. The minimum Gasteiger partial charge on any atom is -0.381 e. The molecule has 2 heterocycles.